The quantitative estimate of drug-likeness (QED) is 0.141. The van der Waals surface area contributed by atoms with Crippen molar-refractivity contribution in [1.29, 1.82) is 0 Å². The molecule has 0 N–H and O–H groups in total. The van der Waals surface area contributed by atoms with Crippen LogP contribution >= 0.6 is 0 Å². The second-order valence-corrected chi connectivity index (χ2v) is 13.2. The van der Waals surface area contributed by atoms with Crippen LogP contribution in [0.25, 0.3) is 109 Å². The topological polar surface area (TPSA) is 13.1 Å². The summed E-state index contributed by atoms with van der Waals surface area (Å²) in [7, 11) is 0. The van der Waals surface area contributed by atoms with Gasteiger partial charge in [0.2, 0.25) is 0 Å². The Morgan fingerprint density at radius 1 is 0.286 bits per heavy atom. The van der Waals surface area contributed by atoms with E-state index < -0.39 is 0 Å². The zero-order valence-electron chi connectivity index (χ0n) is 26.6. The first-order valence-corrected chi connectivity index (χ1v) is 16.9. The van der Waals surface area contributed by atoms with E-state index in [2.05, 4.69) is 170 Å². The first-order valence-electron chi connectivity index (χ1n) is 16.9. The van der Waals surface area contributed by atoms with E-state index in [-0.39, 0.29) is 0 Å². The van der Waals surface area contributed by atoms with Crippen LogP contribution in [0.2, 0.25) is 0 Å². The highest BCUT2D eigenvalue weighted by atomic mass is 16.3. The molecule has 0 fully saturated rings. The molecule has 11 rings (SSSR count). The van der Waals surface area contributed by atoms with Crippen LogP contribution in [-0.2, 0) is 0 Å². The van der Waals surface area contributed by atoms with Gasteiger partial charge in [-0.25, -0.2) is 0 Å². The number of rotatable bonds is 3. The number of furan rings is 1. The minimum Gasteiger partial charge on any atom is -0.456 e. The van der Waals surface area contributed by atoms with Crippen molar-refractivity contribution in [3.8, 4) is 33.4 Å². The Morgan fingerprint density at radius 2 is 0.837 bits per heavy atom. The normalized spacial score (nSPS) is 12.1. The first-order chi connectivity index (χ1) is 24.3. The van der Waals surface area contributed by atoms with E-state index in [1.54, 1.807) is 0 Å². The van der Waals surface area contributed by atoms with Crippen molar-refractivity contribution in [1.82, 2.24) is 0 Å². The SMILES string of the molecule is c1ccc(-c2c3ccccc3c(-c3ccc4oc5cccc6ccc3c4c65)c3ccccc23)c(-c2ccc3c(ccc4ccccc43)c2)c1. The van der Waals surface area contributed by atoms with Crippen LogP contribution in [-0.4, -0.2) is 0 Å². The monoisotopic (exact) mass is 620 g/mol. The Hall–Kier alpha value is -6.44. The Morgan fingerprint density at radius 3 is 1.61 bits per heavy atom. The van der Waals surface area contributed by atoms with Gasteiger partial charge in [0.05, 0.1) is 0 Å². The molecule has 1 heteroatoms. The van der Waals surface area contributed by atoms with Gasteiger partial charge in [-0.05, 0) is 112 Å². The van der Waals surface area contributed by atoms with Crippen LogP contribution in [0.15, 0.2) is 174 Å². The highest BCUT2D eigenvalue weighted by Crippen LogP contribution is 2.49. The van der Waals surface area contributed by atoms with Gasteiger partial charge in [0.15, 0.2) is 0 Å². The maximum Gasteiger partial charge on any atom is 0.136 e. The third-order valence-electron chi connectivity index (χ3n) is 10.6. The zero-order chi connectivity index (χ0) is 32.1. The summed E-state index contributed by atoms with van der Waals surface area (Å²) in [6.45, 7) is 0. The van der Waals surface area contributed by atoms with Gasteiger partial charge in [0, 0.05) is 10.8 Å². The number of hydrogen-bond acceptors (Lipinski definition) is 1. The molecular weight excluding hydrogens is 593 g/mol. The summed E-state index contributed by atoms with van der Waals surface area (Å²) in [5.41, 5.74) is 9.34. The van der Waals surface area contributed by atoms with Crippen molar-refractivity contribution in [2.24, 2.45) is 0 Å². The fourth-order valence-electron chi connectivity index (χ4n) is 8.51. The summed E-state index contributed by atoms with van der Waals surface area (Å²) in [6, 6.07) is 62.2. The minimum atomic E-state index is 0.938. The predicted molar refractivity (Wildman–Crippen MR) is 209 cm³/mol. The van der Waals surface area contributed by atoms with Crippen molar-refractivity contribution in [2.75, 3.05) is 0 Å². The Balaban J connectivity index is 1.20. The van der Waals surface area contributed by atoms with Gasteiger partial charge in [-0.2, -0.15) is 0 Å². The van der Waals surface area contributed by atoms with Crippen molar-refractivity contribution in [2.45, 2.75) is 0 Å². The smallest absolute Gasteiger partial charge is 0.136 e. The van der Waals surface area contributed by atoms with E-state index in [0.29, 0.717) is 0 Å². The molecule has 0 saturated carbocycles. The van der Waals surface area contributed by atoms with E-state index in [0.717, 1.165) is 11.2 Å². The van der Waals surface area contributed by atoms with Crippen LogP contribution in [0, 0.1) is 0 Å². The van der Waals surface area contributed by atoms with Crippen LogP contribution in [0.4, 0.5) is 0 Å². The minimum absolute atomic E-state index is 0.938. The van der Waals surface area contributed by atoms with Crippen molar-refractivity contribution < 1.29 is 4.42 Å². The maximum atomic E-state index is 6.36. The molecule has 0 aliphatic carbocycles. The van der Waals surface area contributed by atoms with E-state index in [1.165, 1.54) is 98.0 Å². The Kier molecular flexibility index (Phi) is 5.45. The molecule has 0 atom stereocenters. The molecule has 10 aromatic carbocycles. The van der Waals surface area contributed by atoms with Crippen molar-refractivity contribution in [3.05, 3.63) is 170 Å². The average Bonchev–Trinajstić information content (AvgIpc) is 3.56. The van der Waals surface area contributed by atoms with Crippen LogP contribution < -0.4 is 0 Å². The summed E-state index contributed by atoms with van der Waals surface area (Å²) in [5, 5.41) is 14.9. The molecule has 1 aromatic heterocycles. The zero-order valence-corrected chi connectivity index (χ0v) is 26.6. The lowest BCUT2D eigenvalue weighted by molar-refractivity contribution is 0.669. The highest BCUT2D eigenvalue weighted by molar-refractivity contribution is 6.29. The third kappa shape index (κ3) is 3.76. The van der Waals surface area contributed by atoms with Crippen molar-refractivity contribution in [3.63, 3.8) is 0 Å². The highest BCUT2D eigenvalue weighted by Gasteiger charge is 2.22. The summed E-state index contributed by atoms with van der Waals surface area (Å²) in [6.07, 6.45) is 0. The number of hydrogen-bond donors (Lipinski definition) is 0. The fourth-order valence-corrected chi connectivity index (χ4v) is 8.51. The molecule has 0 aliphatic heterocycles. The summed E-state index contributed by atoms with van der Waals surface area (Å²) >= 11 is 0. The lowest BCUT2D eigenvalue weighted by Gasteiger charge is -2.20. The molecule has 226 valence electrons. The molecule has 1 nitrogen and oxygen atoms in total. The predicted octanol–water partition coefficient (Wildman–Crippen LogP) is 13.8. The lowest BCUT2D eigenvalue weighted by Crippen LogP contribution is -1.93. The molecule has 0 radical (unpaired) electrons. The first kappa shape index (κ1) is 26.6. The molecule has 0 saturated heterocycles. The Labute approximate surface area is 282 Å². The van der Waals surface area contributed by atoms with Gasteiger partial charge in [-0.1, -0.05) is 146 Å². The second-order valence-electron chi connectivity index (χ2n) is 13.2. The molecule has 1 heterocycles. The van der Waals surface area contributed by atoms with Crippen LogP contribution in [0.5, 0.6) is 0 Å². The maximum absolute atomic E-state index is 6.36. The molecule has 49 heavy (non-hydrogen) atoms. The van der Waals surface area contributed by atoms with Crippen LogP contribution in [0.3, 0.4) is 0 Å². The van der Waals surface area contributed by atoms with Gasteiger partial charge in [0.1, 0.15) is 11.2 Å². The largest absolute Gasteiger partial charge is 0.456 e. The van der Waals surface area contributed by atoms with Gasteiger partial charge in [-0.3, -0.25) is 0 Å². The molecule has 0 aliphatic rings. The van der Waals surface area contributed by atoms with E-state index in [9.17, 15) is 0 Å². The summed E-state index contributed by atoms with van der Waals surface area (Å²) < 4.78 is 6.36. The molecule has 0 unspecified atom stereocenters. The lowest BCUT2D eigenvalue weighted by atomic mass is 9.82. The number of fused-ring (bicyclic) bond motifs is 5. The second kappa shape index (κ2) is 10.0. The van der Waals surface area contributed by atoms with Gasteiger partial charge in [-0.15, -0.1) is 0 Å². The Bertz CT molecular complexity index is 3050. The molecular formula is C48H28O. The van der Waals surface area contributed by atoms with Crippen LogP contribution in [0.1, 0.15) is 0 Å². The standard InChI is InChI=1S/C48H28O/c1-2-12-33-29(10-1)20-21-31-28-32(23-24-35(31)33)34-13-3-4-14-36(34)46-37-15-5-7-17-39(37)47(40-18-8-6-16-38(40)46)41-26-27-44-48-42(41)25-22-30-11-9-19-43(49-44)45(30)48/h1-28H. The molecule has 0 amide bonds. The van der Waals surface area contributed by atoms with Gasteiger partial charge in [0.25, 0.3) is 0 Å². The van der Waals surface area contributed by atoms with Gasteiger partial charge < -0.3 is 4.42 Å². The van der Waals surface area contributed by atoms with Gasteiger partial charge >= 0.3 is 0 Å². The van der Waals surface area contributed by atoms with E-state index in [1.807, 2.05) is 0 Å². The molecule has 0 spiro atoms. The van der Waals surface area contributed by atoms with E-state index >= 15 is 0 Å². The third-order valence-corrected chi connectivity index (χ3v) is 10.6. The average molecular weight is 621 g/mol. The molecule has 0 bridgehead atoms. The van der Waals surface area contributed by atoms with E-state index in [4.69, 9.17) is 4.42 Å². The number of benzene rings is 10. The van der Waals surface area contributed by atoms with Crippen molar-refractivity contribution >= 4 is 75.8 Å². The summed E-state index contributed by atoms with van der Waals surface area (Å²) in [5.74, 6) is 0. The summed E-state index contributed by atoms with van der Waals surface area (Å²) in [4.78, 5) is 0. The fraction of sp³-hybridized carbons (Fsp3) is 0. The molecule has 11 aromatic rings.